The van der Waals surface area contributed by atoms with Crippen molar-refractivity contribution in [2.45, 2.75) is 26.3 Å². The number of aryl methyl sites for hydroxylation is 1. The summed E-state index contributed by atoms with van der Waals surface area (Å²) < 4.78 is 5.32. The maximum absolute atomic E-state index is 5.32. The van der Waals surface area contributed by atoms with E-state index in [2.05, 4.69) is 40.3 Å². The summed E-state index contributed by atoms with van der Waals surface area (Å²) in [7, 11) is 1.72. The molecule has 0 spiro atoms. The van der Waals surface area contributed by atoms with Crippen molar-refractivity contribution in [1.29, 1.82) is 0 Å². The number of ether oxygens (including phenoxy) is 1. The maximum atomic E-state index is 5.32. The monoisotopic (exact) mass is 331 g/mol. The molecule has 0 amide bonds. The van der Waals surface area contributed by atoms with Crippen molar-refractivity contribution in [1.82, 2.24) is 9.88 Å². The average molecular weight is 331 g/mol. The number of aromatic nitrogens is 1. The third-order valence-electron chi connectivity index (χ3n) is 4.24. The van der Waals surface area contributed by atoms with Crippen LogP contribution in [0.15, 0.2) is 29.6 Å². The van der Waals surface area contributed by atoms with Gasteiger partial charge in [0.25, 0.3) is 0 Å². The molecule has 4 nitrogen and oxygen atoms in total. The van der Waals surface area contributed by atoms with Crippen LogP contribution in [0.3, 0.4) is 0 Å². The van der Waals surface area contributed by atoms with Gasteiger partial charge in [-0.15, -0.1) is 11.3 Å². The molecule has 1 saturated heterocycles. The Bertz CT molecular complexity index is 620. The summed E-state index contributed by atoms with van der Waals surface area (Å²) in [4.78, 5) is 9.68. The predicted octanol–water partition coefficient (Wildman–Crippen LogP) is 3.43. The normalized spacial score (nSPS) is 15.8. The molecule has 0 bridgehead atoms. The second-order valence-corrected chi connectivity index (χ2v) is 6.89. The van der Waals surface area contributed by atoms with Crippen LogP contribution in [0.25, 0.3) is 0 Å². The highest BCUT2D eigenvalue weighted by molar-refractivity contribution is 7.09. The van der Waals surface area contributed by atoms with Crippen molar-refractivity contribution < 1.29 is 4.74 Å². The van der Waals surface area contributed by atoms with E-state index in [0.29, 0.717) is 0 Å². The van der Waals surface area contributed by atoms with Crippen LogP contribution < -0.4 is 9.64 Å². The van der Waals surface area contributed by atoms with E-state index in [1.165, 1.54) is 22.8 Å². The van der Waals surface area contributed by atoms with Crippen LogP contribution in [0.4, 0.5) is 5.69 Å². The largest absolute Gasteiger partial charge is 0.497 e. The first kappa shape index (κ1) is 16.3. The second-order valence-electron chi connectivity index (χ2n) is 5.95. The molecule has 1 aromatic heterocycles. The molecule has 23 heavy (non-hydrogen) atoms. The van der Waals surface area contributed by atoms with E-state index >= 15 is 0 Å². The van der Waals surface area contributed by atoms with Gasteiger partial charge in [0.2, 0.25) is 0 Å². The smallest absolute Gasteiger partial charge is 0.120 e. The number of thiazole rings is 1. The highest BCUT2D eigenvalue weighted by Gasteiger charge is 2.18. The minimum atomic E-state index is 0.927. The van der Waals surface area contributed by atoms with Gasteiger partial charge in [0.15, 0.2) is 0 Å². The minimum Gasteiger partial charge on any atom is -0.497 e. The summed E-state index contributed by atoms with van der Waals surface area (Å²) in [6.07, 6.45) is 2.28. The molecule has 1 aromatic carbocycles. The maximum Gasteiger partial charge on any atom is 0.120 e. The zero-order chi connectivity index (χ0) is 16.1. The Kier molecular flexibility index (Phi) is 5.51. The summed E-state index contributed by atoms with van der Waals surface area (Å²) >= 11 is 1.80. The summed E-state index contributed by atoms with van der Waals surface area (Å²) in [5.41, 5.74) is 2.48. The second kappa shape index (κ2) is 7.79. The molecule has 0 aliphatic carbocycles. The molecule has 5 heteroatoms. The SMILES string of the molecule is CCCc1nc(CN2CCN(c3cccc(OC)c3)CC2)cs1. The van der Waals surface area contributed by atoms with E-state index in [1.54, 1.807) is 18.4 Å². The van der Waals surface area contributed by atoms with Gasteiger partial charge in [0.05, 0.1) is 17.8 Å². The van der Waals surface area contributed by atoms with Crippen LogP contribution in [0, 0.1) is 0 Å². The lowest BCUT2D eigenvalue weighted by atomic mass is 10.2. The first-order valence-electron chi connectivity index (χ1n) is 8.33. The Morgan fingerprint density at radius 2 is 2.04 bits per heavy atom. The van der Waals surface area contributed by atoms with Gasteiger partial charge in [-0.1, -0.05) is 13.0 Å². The van der Waals surface area contributed by atoms with Gasteiger partial charge in [0, 0.05) is 49.9 Å². The molecule has 0 unspecified atom stereocenters. The highest BCUT2D eigenvalue weighted by Crippen LogP contribution is 2.22. The van der Waals surface area contributed by atoms with E-state index < -0.39 is 0 Å². The van der Waals surface area contributed by atoms with Crippen molar-refractivity contribution in [3.8, 4) is 5.75 Å². The molecule has 0 atom stereocenters. The molecule has 1 aliphatic heterocycles. The summed E-state index contributed by atoms with van der Waals surface area (Å²) in [5, 5.41) is 3.50. The van der Waals surface area contributed by atoms with Crippen molar-refractivity contribution in [3.63, 3.8) is 0 Å². The van der Waals surface area contributed by atoms with Crippen molar-refractivity contribution in [2.75, 3.05) is 38.2 Å². The first-order valence-corrected chi connectivity index (χ1v) is 9.21. The van der Waals surface area contributed by atoms with Gasteiger partial charge in [0.1, 0.15) is 5.75 Å². The molecular formula is C18H25N3OS. The van der Waals surface area contributed by atoms with Gasteiger partial charge in [-0.25, -0.2) is 4.98 Å². The van der Waals surface area contributed by atoms with E-state index in [9.17, 15) is 0 Å². The predicted molar refractivity (Wildman–Crippen MR) is 96.6 cm³/mol. The molecule has 0 saturated carbocycles. The highest BCUT2D eigenvalue weighted by atomic mass is 32.1. The average Bonchev–Trinajstić information content (AvgIpc) is 3.03. The Hall–Kier alpha value is -1.59. The van der Waals surface area contributed by atoms with E-state index in [4.69, 9.17) is 9.72 Å². The Labute approximate surface area is 142 Å². The third kappa shape index (κ3) is 4.24. The fourth-order valence-electron chi connectivity index (χ4n) is 2.95. The van der Waals surface area contributed by atoms with Gasteiger partial charge in [-0.3, -0.25) is 4.90 Å². The van der Waals surface area contributed by atoms with Crippen LogP contribution in [-0.4, -0.2) is 43.2 Å². The molecule has 2 aromatic rings. The fraction of sp³-hybridized carbons (Fsp3) is 0.500. The Morgan fingerprint density at radius 1 is 1.22 bits per heavy atom. The summed E-state index contributed by atoms with van der Waals surface area (Å²) in [5.74, 6) is 0.927. The van der Waals surface area contributed by atoms with E-state index in [1.807, 2.05) is 6.07 Å². The van der Waals surface area contributed by atoms with Crippen molar-refractivity contribution in [3.05, 3.63) is 40.3 Å². The Balaban J connectivity index is 1.53. The zero-order valence-electron chi connectivity index (χ0n) is 14.0. The van der Waals surface area contributed by atoms with Gasteiger partial charge in [-0.2, -0.15) is 0 Å². The quantitative estimate of drug-likeness (QED) is 0.811. The first-order chi connectivity index (χ1) is 11.3. The molecule has 3 rings (SSSR count). The van der Waals surface area contributed by atoms with Gasteiger partial charge >= 0.3 is 0 Å². The molecule has 1 fully saturated rings. The van der Waals surface area contributed by atoms with Gasteiger partial charge in [-0.05, 0) is 25.0 Å². The number of hydrogen-bond acceptors (Lipinski definition) is 5. The van der Waals surface area contributed by atoms with Crippen LogP contribution in [-0.2, 0) is 13.0 Å². The number of benzene rings is 1. The zero-order valence-corrected chi connectivity index (χ0v) is 14.8. The number of nitrogens with zero attached hydrogens (tertiary/aromatic N) is 3. The third-order valence-corrected chi connectivity index (χ3v) is 5.20. The lowest BCUT2D eigenvalue weighted by molar-refractivity contribution is 0.247. The lowest BCUT2D eigenvalue weighted by Gasteiger charge is -2.35. The fourth-order valence-corrected chi connectivity index (χ4v) is 3.84. The molecule has 0 N–H and O–H groups in total. The van der Waals surface area contributed by atoms with Crippen molar-refractivity contribution in [2.24, 2.45) is 0 Å². The molecule has 2 heterocycles. The van der Waals surface area contributed by atoms with E-state index in [0.717, 1.165) is 44.9 Å². The van der Waals surface area contributed by atoms with Gasteiger partial charge < -0.3 is 9.64 Å². The number of rotatable bonds is 6. The molecule has 124 valence electrons. The lowest BCUT2D eigenvalue weighted by Crippen LogP contribution is -2.46. The van der Waals surface area contributed by atoms with Crippen LogP contribution >= 0.6 is 11.3 Å². The van der Waals surface area contributed by atoms with Crippen molar-refractivity contribution >= 4 is 17.0 Å². The molecule has 0 radical (unpaired) electrons. The number of anilines is 1. The molecule has 1 aliphatic rings. The minimum absolute atomic E-state index is 0.927. The van der Waals surface area contributed by atoms with Crippen LogP contribution in [0.5, 0.6) is 5.75 Å². The topological polar surface area (TPSA) is 28.6 Å². The standard InChI is InChI=1S/C18H25N3OS/c1-3-5-18-19-15(14-23-18)13-20-8-10-21(11-9-20)16-6-4-7-17(12-16)22-2/h4,6-7,12,14H,3,5,8-11,13H2,1-2H3. The number of methoxy groups -OCH3 is 1. The Morgan fingerprint density at radius 3 is 2.78 bits per heavy atom. The number of piperazine rings is 1. The summed E-state index contributed by atoms with van der Waals surface area (Å²) in [6, 6.07) is 8.34. The number of hydrogen-bond donors (Lipinski definition) is 0. The summed E-state index contributed by atoms with van der Waals surface area (Å²) in [6.45, 7) is 7.46. The van der Waals surface area contributed by atoms with E-state index in [-0.39, 0.29) is 0 Å². The van der Waals surface area contributed by atoms with Crippen LogP contribution in [0.2, 0.25) is 0 Å². The molecular weight excluding hydrogens is 306 g/mol. The van der Waals surface area contributed by atoms with Crippen LogP contribution in [0.1, 0.15) is 24.0 Å².